The van der Waals surface area contributed by atoms with Crippen molar-refractivity contribution in [2.45, 2.75) is 25.8 Å². The summed E-state index contributed by atoms with van der Waals surface area (Å²) >= 11 is 2.32. The van der Waals surface area contributed by atoms with E-state index in [9.17, 15) is 0 Å². The molecule has 0 aliphatic rings. The number of hydrogen-bond acceptors (Lipinski definition) is 1. The van der Waals surface area contributed by atoms with Crippen LogP contribution in [0.2, 0.25) is 0 Å². The van der Waals surface area contributed by atoms with E-state index in [2.05, 4.69) is 53.8 Å². The second kappa shape index (κ2) is 4.23. The Labute approximate surface area is 87.5 Å². The summed E-state index contributed by atoms with van der Waals surface area (Å²) in [5.41, 5.74) is 7.15. The number of halogens is 1. The predicted octanol–water partition coefficient (Wildman–Crippen LogP) is 2.74. The molecule has 2 N–H and O–H groups in total. The summed E-state index contributed by atoms with van der Waals surface area (Å²) < 4.78 is 1.28. The molecule has 0 aromatic heterocycles. The third-order valence-electron chi connectivity index (χ3n) is 2.16. The maximum absolute atomic E-state index is 5.82. The van der Waals surface area contributed by atoms with Crippen molar-refractivity contribution in [3.63, 3.8) is 0 Å². The lowest BCUT2D eigenvalue weighted by atomic mass is 9.95. The van der Waals surface area contributed by atoms with Crippen LogP contribution in [0.1, 0.15) is 25.3 Å². The molecule has 0 aliphatic heterocycles. The lowest BCUT2D eigenvalue weighted by Gasteiger charge is -2.15. The van der Waals surface area contributed by atoms with Gasteiger partial charge in [0.1, 0.15) is 0 Å². The summed E-state index contributed by atoms with van der Waals surface area (Å²) in [6.07, 6.45) is 0. The Morgan fingerprint density at radius 2 is 2.00 bits per heavy atom. The van der Waals surface area contributed by atoms with E-state index in [1.54, 1.807) is 0 Å². The molecule has 2 heteroatoms. The van der Waals surface area contributed by atoms with Crippen molar-refractivity contribution in [3.05, 3.63) is 33.4 Å². The standard InChI is InChI=1S/C10H14IN/c1-7(8(2)12)9-4-3-5-10(11)6-9/h3-8H,12H2,1-2H3. The molecule has 0 saturated carbocycles. The molecule has 1 aromatic carbocycles. The molecule has 0 amide bonds. The molecule has 1 nitrogen and oxygen atoms in total. The van der Waals surface area contributed by atoms with Gasteiger partial charge < -0.3 is 5.73 Å². The Kier molecular flexibility index (Phi) is 3.53. The fourth-order valence-corrected chi connectivity index (χ4v) is 1.66. The van der Waals surface area contributed by atoms with E-state index in [4.69, 9.17) is 5.73 Å². The van der Waals surface area contributed by atoms with Gasteiger partial charge in [0.15, 0.2) is 0 Å². The molecular weight excluding hydrogens is 261 g/mol. The first-order valence-electron chi connectivity index (χ1n) is 4.12. The normalized spacial score (nSPS) is 15.7. The van der Waals surface area contributed by atoms with E-state index in [1.165, 1.54) is 9.13 Å². The van der Waals surface area contributed by atoms with Crippen LogP contribution in [-0.4, -0.2) is 6.04 Å². The van der Waals surface area contributed by atoms with Crippen molar-refractivity contribution < 1.29 is 0 Å². The predicted molar refractivity (Wildman–Crippen MR) is 61.2 cm³/mol. The van der Waals surface area contributed by atoms with Gasteiger partial charge in [-0.3, -0.25) is 0 Å². The van der Waals surface area contributed by atoms with Crippen molar-refractivity contribution in [3.8, 4) is 0 Å². The van der Waals surface area contributed by atoms with Crippen LogP contribution in [0.4, 0.5) is 0 Å². The summed E-state index contributed by atoms with van der Waals surface area (Å²) in [6, 6.07) is 8.72. The number of rotatable bonds is 2. The van der Waals surface area contributed by atoms with Gasteiger partial charge in [-0.15, -0.1) is 0 Å². The van der Waals surface area contributed by atoms with Gasteiger partial charge in [0.2, 0.25) is 0 Å². The Hall–Kier alpha value is -0.0900. The summed E-state index contributed by atoms with van der Waals surface area (Å²) in [7, 11) is 0. The highest BCUT2D eigenvalue weighted by Crippen LogP contribution is 2.19. The van der Waals surface area contributed by atoms with Crippen molar-refractivity contribution in [1.82, 2.24) is 0 Å². The van der Waals surface area contributed by atoms with E-state index >= 15 is 0 Å². The molecule has 2 atom stereocenters. The van der Waals surface area contributed by atoms with Gasteiger partial charge >= 0.3 is 0 Å². The Bertz CT molecular complexity index is 258. The summed E-state index contributed by atoms with van der Waals surface area (Å²) in [5, 5.41) is 0. The number of hydrogen-bond donors (Lipinski definition) is 1. The van der Waals surface area contributed by atoms with Crippen LogP contribution in [0, 0.1) is 3.57 Å². The second-order valence-corrected chi connectivity index (χ2v) is 4.45. The number of nitrogens with two attached hydrogens (primary N) is 1. The minimum absolute atomic E-state index is 0.225. The highest BCUT2D eigenvalue weighted by molar-refractivity contribution is 14.1. The molecule has 66 valence electrons. The molecule has 12 heavy (non-hydrogen) atoms. The largest absolute Gasteiger partial charge is 0.327 e. The maximum atomic E-state index is 5.82. The van der Waals surface area contributed by atoms with Crippen LogP contribution in [0.25, 0.3) is 0 Å². The molecule has 1 aromatic rings. The minimum Gasteiger partial charge on any atom is -0.327 e. The van der Waals surface area contributed by atoms with Crippen LogP contribution in [0.3, 0.4) is 0 Å². The smallest absolute Gasteiger partial charge is 0.0133 e. The minimum atomic E-state index is 0.225. The van der Waals surface area contributed by atoms with Gasteiger partial charge in [-0.2, -0.15) is 0 Å². The molecule has 2 unspecified atom stereocenters. The van der Waals surface area contributed by atoms with E-state index in [-0.39, 0.29) is 6.04 Å². The van der Waals surface area contributed by atoms with Crippen molar-refractivity contribution in [2.75, 3.05) is 0 Å². The van der Waals surface area contributed by atoms with Gasteiger partial charge in [-0.25, -0.2) is 0 Å². The molecule has 0 saturated heterocycles. The highest BCUT2D eigenvalue weighted by atomic mass is 127. The molecule has 0 heterocycles. The molecule has 0 bridgehead atoms. The second-order valence-electron chi connectivity index (χ2n) is 3.20. The van der Waals surface area contributed by atoms with Gasteiger partial charge in [0.25, 0.3) is 0 Å². The quantitative estimate of drug-likeness (QED) is 0.825. The zero-order chi connectivity index (χ0) is 9.14. The lowest BCUT2D eigenvalue weighted by Crippen LogP contribution is -2.22. The van der Waals surface area contributed by atoms with Crippen LogP contribution >= 0.6 is 22.6 Å². The first-order valence-corrected chi connectivity index (χ1v) is 5.20. The molecule has 0 fully saturated rings. The van der Waals surface area contributed by atoms with Crippen molar-refractivity contribution >= 4 is 22.6 Å². The first kappa shape index (κ1) is 9.99. The third-order valence-corrected chi connectivity index (χ3v) is 2.83. The zero-order valence-electron chi connectivity index (χ0n) is 7.42. The average Bonchev–Trinajstić information content (AvgIpc) is 2.03. The van der Waals surface area contributed by atoms with E-state index in [0.717, 1.165) is 0 Å². The Morgan fingerprint density at radius 1 is 1.33 bits per heavy atom. The van der Waals surface area contributed by atoms with Crippen LogP contribution in [0.15, 0.2) is 24.3 Å². The van der Waals surface area contributed by atoms with Gasteiger partial charge in [0, 0.05) is 9.61 Å². The summed E-state index contributed by atoms with van der Waals surface area (Å²) in [5.74, 6) is 0.444. The van der Waals surface area contributed by atoms with Crippen LogP contribution < -0.4 is 5.73 Å². The molecule has 1 rings (SSSR count). The highest BCUT2D eigenvalue weighted by Gasteiger charge is 2.09. The summed E-state index contributed by atoms with van der Waals surface area (Å²) in [6.45, 7) is 4.21. The fraction of sp³-hybridized carbons (Fsp3) is 0.400. The van der Waals surface area contributed by atoms with E-state index in [0.29, 0.717) is 5.92 Å². The Morgan fingerprint density at radius 3 is 2.50 bits per heavy atom. The van der Waals surface area contributed by atoms with Crippen LogP contribution in [0.5, 0.6) is 0 Å². The third kappa shape index (κ3) is 2.45. The van der Waals surface area contributed by atoms with Gasteiger partial charge in [-0.05, 0) is 53.1 Å². The average molecular weight is 275 g/mol. The lowest BCUT2D eigenvalue weighted by molar-refractivity contribution is 0.613. The summed E-state index contributed by atoms with van der Waals surface area (Å²) in [4.78, 5) is 0. The fourth-order valence-electron chi connectivity index (χ4n) is 1.09. The van der Waals surface area contributed by atoms with Crippen molar-refractivity contribution in [1.29, 1.82) is 0 Å². The topological polar surface area (TPSA) is 26.0 Å². The zero-order valence-corrected chi connectivity index (χ0v) is 9.58. The monoisotopic (exact) mass is 275 g/mol. The first-order chi connectivity index (χ1) is 5.61. The van der Waals surface area contributed by atoms with Gasteiger partial charge in [0.05, 0.1) is 0 Å². The molecular formula is C10H14IN. The maximum Gasteiger partial charge on any atom is 0.0133 e. The van der Waals surface area contributed by atoms with E-state index < -0.39 is 0 Å². The van der Waals surface area contributed by atoms with Gasteiger partial charge in [-0.1, -0.05) is 19.1 Å². The molecule has 0 radical (unpaired) electrons. The number of benzene rings is 1. The SMILES string of the molecule is CC(N)C(C)c1cccc(I)c1. The van der Waals surface area contributed by atoms with Crippen molar-refractivity contribution in [2.24, 2.45) is 5.73 Å². The van der Waals surface area contributed by atoms with E-state index in [1.807, 2.05) is 6.92 Å². The van der Waals surface area contributed by atoms with Crippen LogP contribution in [-0.2, 0) is 0 Å². The molecule has 0 spiro atoms. The molecule has 0 aliphatic carbocycles. The Balaban J connectivity index is 2.88.